The molecule has 0 radical (unpaired) electrons. The van der Waals surface area contributed by atoms with Gasteiger partial charge in [-0.3, -0.25) is 0 Å². The molecule has 0 aliphatic rings. The number of aliphatic imine (C=N–C) groups is 1. The highest BCUT2D eigenvalue weighted by atomic mass is 32.2. The van der Waals surface area contributed by atoms with Gasteiger partial charge in [0.25, 0.3) is 0 Å². The second-order valence-corrected chi connectivity index (χ2v) is 3.64. The fourth-order valence-corrected chi connectivity index (χ4v) is 1.47. The number of rotatable bonds is 1. The number of hydrogen-bond donors (Lipinski definition) is 1. The van der Waals surface area contributed by atoms with Crippen LogP contribution in [0.3, 0.4) is 0 Å². The molecular formula is C7H9N3S2. The van der Waals surface area contributed by atoms with Gasteiger partial charge >= 0.3 is 0 Å². The van der Waals surface area contributed by atoms with E-state index in [0.717, 1.165) is 4.88 Å². The standard InChI is InChI=1S/C7H9N3S2/c1-11-7(10-8)9-5-6-3-2-4-12-6/h2-5H,8H2,1H3/b9-5+,10-7-. The first-order valence-electron chi connectivity index (χ1n) is 3.26. The number of nitrogens with two attached hydrogens (primary N) is 1. The van der Waals surface area contributed by atoms with Crippen LogP contribution in [0.15, 0.2) is 27.6 Å². The SMILES string of the molecule is CSC(=N\N)/N=C/c1cccs1. The van der Waals surface area contributed by atoms with Crippen LogP contribution < -0.4 is 5.84 Å². The minimum atomic E-state index is 0.586. The van der Waals surface area contributed by atoms with E-state index >= 15 is 0 Å². The maximum atomic E-state index is 5.08. The van der Waals surface area contributed by atoms with E-state index in [-0.39, 0.29) is 0 Å². The van der Waals surface area contributed by atoms with E-state index in [0.29, 0.717) is 5.17 Å². The molecule has 0 aliphatic carbocycles. The smallest absolute Gasteiger partial charge is 0.205 e. The lowest BCUT2D eigenvalue weighted by atomic mass is 10.5. The van der Waals surface area contributed by atoms with Crippen molar-refractivity contribution in [3.8, 4) is 0 Å². The summed E-state index contributed by atoms with van der Waals surface area (Å²) < 4.78 is 0. The fraction of sp³-hybridized carbons (Fsp3) is 0.143. The monoisotopic (exact) mass is 199 g/mol. The number of thioether (sulfide) groups is 1. The Morgan fingerprint density at radius 1 is 1.75 bits per heavy atom. The summed E-state index contributed by atoms with van der Waals surface area (Å²) in [5.74, 6) is 5.08. The average molecular weight is 199 g/mol. The van der Waals surface area contributed by atoms with Crippen molar-refractivity contribution in [3.63, 3.8) is 0 Å². The fourth-order valence-electron chi connectivity index (χ4n) is 0.622. The zero-order valence-corrected chi connectivity index (χ0v) is 8.23. The number of hydrazone groups is 1. The van der Waals surface area contributed by atoms with Crippen LogP contribution in [0.25, 0.3) is 0 Å². The Morgan fingerprint density at radius 2 is 2.58 bits per heavy atom. The van der Waals surface area contributed by atoms with Gasteiger partial charge in [-0.1, -0.05) is 17.8 Å². The zero-order valence-electron chi connectivity index (χ0n) is 6.60. The van der Waals surface area contributed by atoms with Crippen molar-refractivity contribution in [1.29, 1.82) is 0 Å². The molecule has 1 aromatic rings. The highest BCUT2D eigenvalue weighted by Gasteiger charge is 1.90. The van der Waals surface area contributed by atoms with Gasteiger partial charge in [-0.05, 0) is 17.7 Å². The van der Waals surface area contributed by atoms with Crippen molar-refractivity contribution in [3.05, 3.63) is 22.4 Å². The van der Waals surface area contributed by atoms with E-state index in [1.807, 2.05) is 23.8 Å². The van der Waals surface area contributed by atoms with Crippen molar-refractivity contribution < 1.29 is 0 Å². The molecule has 5 heteroatoms. The normalized spacial score (nSPS) is 12.6. The molecule has 3 nitrogen and oxygen atoms in total. The molecule has 12 heavy (non-hydrogen) atoms. The van der Waals surface area contributed by atoms with Gasteiger partial charge in [0.2, 0.25) is 5.17 Å². The topological polar surface area (TPSA) is 50.7 Å². The Hall–Kier alpha value is -0.810. The van der Waals surface area contributed by atoms with Gasteiger partial charge in [0.15, 0.2) is 0 Å². The van der Waals surface area contributed by atoms with Crippen LogP contribution in [0.4, 0.5) is 0 Å². The molecule has 0 spiro atoms. The number of hydrogen-bond acceptors (Lipinski definition) is 4. The van der Waals surface area contributed by atoms with E-state index in [1.54, 1.807) is 17.6 Å². The number of thiophene rings is 1. The predicted octanol–water partition coefficient (Wildman–Crippen LogP) is 1.76. The molecule has 0 amide bonds. The second kappa shape index (κ2) is 4.95. The lowest BCUT2D eigenvalue weighted by molar-refractivity contribution is 1.25. The van der Waals surface area contributed by atoms with Crippen LogP contribution in [-0.2, 0) is 0 Å². The van der Waals surface area contributed by atoms with Gasteiger partial charge in [-0.15, -0.1) is 11.3 Å². The maximum absolute atomic E-state index is 5.08. The summed E-state index contributed by atoms with van der Waals surface area (Å²) in [6, 6.07) is 3.97. The third-order valence-electron chi connectivity index (χ3n) is 1.14. The Kier molecular flexibility index (Phi) is 3.83. The van der Waals surface area contributed by atoms with E-state index < -0.39 is 0 Å². The average Bonchev–Trinajstić information content (AvgIpc) is 2.59. The molecule has 1 aromatic heterocycles. The van der Waals surface area contributed by atoms with Gasteiger partial charge < -0.3 is 5.84 Å². The summed E-state index contributed by atoms with van der Waals surface area (Å²) in [6.07, 6.45) is 3.64. The zero-order chi connectivity index (χ0) is 8.81. The Bertz CT molecular complexity index is 277. The summed E-state index contributed by atoms with van der Waals surface area (Å²) in [5.41, 5.74) is 0. The Morgan fingerprint density at radius 3 is 3.08 bits per heavy atom. The van der Waals surface area contributed by atoms with E-state index in [1.165, 1.54) is 11.8 Å². The van der Waals surface area contributed by atoms with Gasteiger partial charge in [0, 0.05) is 11.1 Å². The van der Waals surface area contributed by atoms with Gasteiger partial charge in [-0.2, -0.15) is 5.10 Å². The van der Waals surface area contributed by atoms with E-state index in [4.69, 9.17) is 5.84 Å². The molecule has 0 atom stereocenters. The predicted molar refractivity (Wildman–Crippen MR) is 57.1 cm³/mol. The van der Waals surface area contributed by atoms with Crippen molar-refractivity contribution in [2.75, 3.05) is 6.26 Å². The van der Waals surface area contributed by atoms with E-state index in [9.17, 15) is 0 Å². The molecule has 0 saturated carbocycles. The maximum Gasteiger partial charge on any atom is 0.205 e. The highest BCUT2D eigenvalue weighted by molar-refractivity contribution is 8.13. The number of nitrogens with zero attached hydrogens (tertiary/aromatic N) is 2. The van der Waals surface area contributed by atoms with Gasteiger partial charge in [0.05, 0.1) is 0 Å². The molecule has 0 aliphatic heterocycles. The molecule has 1 rings (SSSR count). The summed E-state index contributed by atoms with van der Waals surface area (Å²) in [5, 5.41) is 6.08. The molecule has 0 saturated heterocycles. The van der Waals surface area contributed by atoms with Crippen molar-refractivity contribution in [1.82, 2.24) is 0 Å². The Balaban J connectivity index is 2.62. The molecule has 64 valence electrons. The number of amidine groups is 1. The highest BCUT2D eigenvalue weighted by Crippen LogP contribution is 2.06. The molecule has 0 aromatic carbocycles. The molecule has 0 unspecified atom stereocenters. The third-order valence-corrected chi connectivity index (χ3v) is 2.52. The first kappa shape index (κ1) is 9.28. The van der Waals surface area contributed by atoms with Crippen molar-refractivity contribution in [2.24, 2.45) is 15.9 Å². The summed E-state index contributed by atoms with van der Waals surface area (Å²) in [6.45, 7) is 0. The second-order valence-electron chi connectivity index (χ2n) is 1.89. The minimum absolute atomic E-state index is 0.586. The van der Waals surface area contributed by atoms with Gasteiger partial charge in [0.1, 0.15) is 0 Å². The van der Waals surface area contributed by atoms with Crippen LogP contribution in [-0.4, -0.2) is 17.6 Å². The quantitative estimate of drug-likeness (QED) is 0.324. The van der Waals surface area contributed by atoms with Crippen molar-refractivity contribution in [2.45, 2.75) is 0 Å². The molecular weight excluding hydrogens is 190 g/mol. The summed E-state index contributed by atoms with van der Waals surface area (Å²) >= 11 is 3.05. The van der Waals surface area contributed by atoms with Crippen molar-refractivity contribution >= 4 is 34.5 Å². The minimum Gasteiger partial charge on any atom is -0.321 e. The van der Waals surface area contributed by atoms with Crippen LogP contribution in [0.5, 0.6) is 0 Å². The lowest BCUT2D eigenvalue weighted by Crippen LogP contribution is -1.92. The molecule has 2 N–H and O–H groups in total. The summed E-state index contributed by atoms with van der Waals surface area (Å²) in [4.78, 5) is 5.18. The van der Waals surface area contributed by atoms with Gasteiger partial charge in [-0.25, -0.2) is 4.99 Å². The molecule has 0 fully saturated rings. The first-order chi connectivity index (χ1) is 5.86. The third kappa shape index (κ3) is 2.67. The molecule has 1 heterocycles. The first-order valence-corrected chi connectivity index (χ1v) is 5.36. The molecule has 0 bridgehead atoms. The van der Waals surface area contributed by atoms with Crippen LogP contribution in [0.1, 0.15) is 4.88 Å². The van der Waals surface area contributed by atoms with Crippen LogP contribution in [0.2, 0.25) is 0 Å². The van der Waals surface area contributed by atoms with Crippen LogP contribution >= 0.6 is 23.1 Å². The van der Waals surface area contributed by atoms with E-state index in [2.05, 4.69) is 10.1 Å². The summed E-state index contributed by atoms with van der Waals surface area (Å²) in [7, 11) is 0. The Labute approximate surface area is 79.4 Å². The lowest BCUT2D eigenvalue weighted by Gasteiger charge is -1.89. The largest absolute Gasteiger partial charge is 0.321 e. The van der Waals surface area contributed by atoms with Crippen LogP contribution in [0, 0.1) is 0 Å².